The van der Waals surface area contributed by atoms with E-state index in [-0.39, 0.29) is 6.04 Å². The highest BCUT2D eigenvalue weighted by Crippen LogP contribution is 2.27. The molecule has 3 N–H and O–H groups in total. The molecule has 0 saturated carbocycles. The van der Waals surface area contributed by atoms with E-state index in [1.165, 1.54) is 11.0 Å². The monoisotopic (exact) mass is 407 g/mol. The number of hydrogen-bond donors (Lipinski definition) is 3. The highest BCUT2D eigenvalue weighted by molar-refractivity contribution is 5.69. The predicted octanol–water partition coefficient (Wildman–Crippen LogP) is 2.99. The second kappa shape index (κ2) is 8.75. The molecular weight excluding hydrogens is 386 g/mol. The first-order valence-electron chi connectivity index (χ1n) is 9.47. The van der Waals surface area contributed by atoms with Crippen molar-refractivity contribution in [2.45, 2.75) is 25.3 Å². The standard InChI is InChI=1S/C21H21N5O4/c1-29-18-10-15(11-22-12-18)19-6-7-23-20(25-19)24-16-4-2-13-3-5-17(9-14(13)8-16)30-21(27)26-28/h3,5-7,9-12,16,28H,2,4,8H2,1H3,(H,26,27)(H,23,24,25). The number of pyridine rings is 1. The molecule has 9 heteroatoms. The molecular formula is C21H21N5O4. The number of methoxy groups -OCH3 is 1. The molecule has 30 heavy (non-hydrogen) atoms. The van der Waals surface area contributed by atoms with Crippen LogP contribution in [-0.2, 0) is 12.8 Å². The number of hydroxylamine groups is 1. The molecule has 0 radical (unpaired) electrons. The average Bonchev–Trinajstić information content (AvgIpc) is 2.79. The third-order valence-corrected chi connectivity index (χ3v) is 4.94. The van der Waals surface area contributed by atoms with Crippen molar-refractivity contribution >= 4 is 12.0 Å². The quantitative estimate of drug-likeness (QED) is 0.436. The zero-order valence-corrected chi connectivity index (χ0v) is 16.3. The first kappa shape index (κ1) is 19.6. The van der Waals surface area contributed by atoms with E-state index in [1.54, 1.807) is 31.8 Å². The second-order valence-corrected chi connectivity index (χ2v) is 6.89. The molecule has 1 aromatic carbocycles. The Labute approximate surface area is 173 Å². The van der Waals surface area contributed by atoms with Gasteiger partial charge >= 0.3 is 6.09 Å². The van der Waals surface area contributed by atoms with E-state index >= 15 is 0 Å². The van der Waals surface area contributed by atoms with Gasteiger partial charge in [0.15, 0.2) is 0 Å². The first-order valence-corrected chi connectivity index (χ1v) is 9.47. The number of nitrogens with one attached hydrogen (secondary N) is 2. The normalized spacial score (nSPS) is 15.1. The van der Waals surface area contributed by atoms with Gasteiger partial charge in [0.05, 0.1) is 19.0 Å². The molecule has 0 bridgehead atoms. The lowest BCUT2D eigenvalue weighted by molar-refractivity contribution is 0.127. The van der Waals surface area contributed by atoms with Crippen LogP contribution in [0.25, 0.3) is 11.3 Å². The third kappa shape index (κ3) is 4.47. The summed E-state index contributed by atoms with van der Waals surface area (Å²) < 4.78 is 10.2. The lowest BCUT2D eigenvalue weighted by atomic mass is 9.88. The van der Waals surface area contributed by atoms with Crippen molar-refractivity contribution in [3.05, 3.63) is 60.0 Å². The summed E-state index contributed by atoms with van der Waals surface area (Å²) in [5.74, 6) is 1.58. The molecule has 0 spiro atoms. The molecule has 9 nitrogen and oxygen atoms in total. The molecule has 1 atom stereocenters. The Morgan fingerprint density at radius 3 is 2.90 bits per heavy atom. The van der Waals surface area contributed by atoms with Gasteiger partial charge in [-0.25, -0.2) is 20.2 Å². The highest BCUT2D eigenvalue weighted by Gasteiger charge is 2.20. The van der Waals surface area contributed by atoms with Gasteiger partial charge in [-0.3, -0.25) is 10.2 Å². The highest BCUT2D eigenvalue weighted by atomic mass is 16.6. The Kier molecular flexibility index (Phi) is 5.71. The Morgan fingerprint density at radius 2 is 2.07 bits per heavy atom. The number of aromatic nitrogens is 3. The van der Waals surface area contributed by atoms with E-state index < -0.39 is 6.09 Å². The van der Waals surface area contributed by atoms with Crippen molar-refractivity contribution in [2.24, 2.45) is 0 Å². The van der Waals surface area contributed by atoms with Gasteiger partial charge < -0.3 is 14.8 Å². The van der Waals surface area contributed by atoms with Crippen LogP contribution in [0.5, 0.6) is 11.5 Å². The number of anilines is 1. The molecule has 1 amide bonds. The minimum Gasteiger partial charge on any atom is -0.495 e. The molecule has 1 unspecified atom stereocenters. The molecule has 0 saturated heterocycles. The summed E-state index contributed by atoms with van der Waals surface area (Å²) in [5, 5.41) is 12.0. The van der Waals surface area contributed by atoms with E-state index in [1.807, 2.05) is 24.3 Å². The SMILES string of the molecule is COc1cncc(-c2ccnc(NC3CCc4ccc(OC(=O)NO)cc4C3)n2)c1. The number of hydrogen-bond acceptors (Lipinski definition) is 8. The van der Waals surface area contributed by atoms with Crippen LogP contribution >= 0.6 is 0 Å². The van der Waals surface area contributed by atoms with Crippen LogP contribution in [0.1, 0.15) is 17.5 Å². The fraction of sp³-hybridized carbons (Fsp3) is 0.238. The number of ether oxygens (including phenoxy) is 2. The van der Waals surface area contributed by atoms with Crippen molar-refractivity contribution < 1.29 is 19.5 Å². The van der Waals surface area contributed by atoms with Gasteiger partial charge in [-0.05, 0) is 54.7 Å². The van der Waals surface area contributed by atoms with Gasteiger partial charge in [-0.1, -0.05) is 6.07 Å². The predicted molar refractivity (Wildman–Crippen MR) is 109 cm³/mol. The van der Waals surface area contributed by atoms with Crippen LogP contribution in [0.2, 0.25) is 0 Å². The summed E-state index contributed by atoms with van der Waals surface area (Å²) in [6, 6.07) is 9.32. The Morgan fingerprint density at radius 1 is 1.17 bits per heavy atom. The maximum Gasteiger partial charge on any atom is 0.436 e. The minimum atomic E-state index is -0.919. The zero-order chi connectivity index (χ0) is 20.9. The Hall–Kier alpha value is -3.72. The summed E-state index contributed by atoms with van der Waals surface area (Å²) in [6.07, 6.45) is 6.72. The van der Waals surface area contributed by atoms with Gasteiger partial charge in [0.25, 0.3) is 0 Å². The lowest BCUT2D eigenvalue weighted by Gasteiger charge is -2.26. The molecule has 1 aliphatic carbocycles. The molecule has 2 heterocycles. The number of amides is 1. The molecule has 2 aromatic heterocycles. The van der Waals surface area contributed by atoms with Crippen molar-refractivity contribution in [1.82, 2.24) is 20.4 Å². The Balaban J connectivity index is 1.48. The van der Waals surface area contributed by atoms with Gasteiger partial charge in [0.2, 0.25) is 5.95 Å². The number of fused-ring (bicyclic) bond motifs is 1. The number of benzene rings is 1. The number of rotatable bonds is 5. The van der Waals surface area contributed by atoms with Crippen LogP contribution in [0.4, 0.5) is 10.7 Å². The number of nitrogens with zero attached hydrogens (tertiary/aromatic N) is 3. The van der Waals surface area contributed by atoms with Crippen molar-refractivity contribution in [2.75, 3.05) is 12.4 Å². The van der Waals surface area contributed by atoms with Crippen LogP contribution in [-0.4, -0.2) is 39.4 Å². The Bertz CT molecular complexity index is 1060. The largest absolute Gasteiger partial charge is 0.495 e. The average molecular weight is 407 g/mol. The number of aryl methyl sites for hydroxylation is 1. The molecule has 1 aliphatic rings. The molecule has 3 aromatic rings. The van der Waals surface area contributed by atoms with Gasteiger partial charge in [-0.15, -0.1) is 0 Å². The molecule has 0 fully saturated rings. The topological polar surface area (TPSA) is 118 Å². The summed E-state index contributed by atoms with van der Waals surface area (Å²) in [7, 11) is 1.60. The second-order valence-electron chi connectivity index (χ2n) is 6.89. The van der Waals surface area contributed by atoms with Crippen molar-refractivity contribution in [3.63, 3.8) is 0 Å². The van der Waals surface area contributed by atoms with E-state index in [0.29, 0.717) is 17.4 Å². The first-order chi connectivity index (χ1) is 14.6. The van der Waals surface area contributed by atoms with Crippen LogP contribution < -0.4 is 20.3 Å². The summed E-state index contributed by atoms with van der Waals surface area (Å²) in [5.41, 5.74) is 5.34. The zero-order valence-electron chi connectivity index (χ0n) is 16.3. The smallest absolute Gasteiger partial charge is 0.436 e. The fourth-order valence-corrected chi connectivity index (χ4v) is 3.49. The summed E-state index contributed by atoms with van der Waals surface area (Å²) in [4.78, 5) is 24.4. The van der Waals surface area contributed by atoms with Crippen LogP contribution in [0, 0.1) is 0 Å². The van der Waals surface area contributed by atoms with E-state index in [9.17, 15) is 4.79 Å². The van der Waals surface area contributed by atoms with E-state index in [4.69, 9.17) is 14.7 Å². The van der Waals surface area contributed by atoms with Crippen molar-refractivity contribution in [1.29, 1.82) is 0 Å². The van der Waals surface area contributed by atoms with E-state index in [0.717, 1.165) is 36.1 Å². The minimum absolute atomic E-state index is 0.137. The van der Waals surface area contributed by atoms with Crippen LogP contribution in [0.15, 0.2) is 48.9 Å². The van der Waals surface area contributed by atoms with E-state index in [2.05, 4.69) is 20.3 Å². The van der Waals surface area contributed by atoms with Gasteiger partial charge in [-0.2, -0.15) is 0 Å². The summed E-state index contributed by atoms with van der Waals surface area (Å²) in [6.45, 7) is 0. The maximum atomic E-state index is 11.2. The maximum absolute atomic E-state index is 11.2. The van der Waals surface area contributed by atoms with Crippen molar-refractivity contribution in [3.8, 4) is 22.8 Å². The number of carbonyl (C=O) groups is 1. The summed E-state index contributed by atoms with van der Waals surface area (Å²) >= 11 is 0. The van der Waals surface area contributed by atoms with Crippen LogP contribution in [0.3, 0.4) is 0 Å². The molecule has 154 valence electrons. The fourth-order valence-electron chi connectivity index (χ4n) is 3.49. The molecule has 0 aliphatic heterocycles. The molecule has 4 rings (SSSR count). The number of carbonyl (C=O) groups excluding carboxylic acids is 1. The van der Waals surface area contributed by atoms with Gasteiger partial charge in [0, 0.05) is 24.0 Å². The van der Waals surface area contributed by atoms with Gasteiger partial charge in [0.1, 0.15) is 11.5 Å². The third-order valence-electron chi connectivity index (χ3n) is 4.94. The lowest BCUT2D eigenvalue weighted by Crippen LogP contribution is -2.28.